The lowest BCUT2D eigenvalue weighted by Gasteiger charge is -2.34. The number of methoxy groups -OCH3 is 1. The van der Waals surface area contributed by atoms with Crippen LogP contribution < -0.4 is 5.32 Å². The Bertz CT molecular complexity index is 1040. The number of hydrogen-bond donors (Lipinski definition) is 1. The van der Waals surface area contributed by atoms with Gasteiger partial charge in [-0.1, -0.05) is 42.5 Å². The van der Waals surface area contributed by atoms with E-state index in [9.17, 15) is 9.59 Å². The minimum Gasteiger partial charge on any atom is -0.465 e. The number of carbonyl (C=O) groups excluding carboxylic acids is 2. The standard InChI is InChI=1S/C23H25N3O3S/c1-29-23(28)20-9-14-30-22(20)24-21(27)16-26-12-10-25(11-13-26)15-18-7-4-6-17-5-2-3-8-19(17)18/h2-9,14H,10-13,15-16H2,1H3,(H,24,27). The highest BCUT2D eigenvalue weighted by Crippen LogP contribution is 2.24. The molecule has 0 atom stereocenters. The first kappa shape index (κ1) is 20.5. The molecule has 0 aliphatic carbocycles. The molecular formula is C23H25N3O3S. The predicted octanol–water partition coefficient (Wildman–Crippen LogP) is 3.44. The van der Waals surface area contributed by atoms with Gasteiger partial charge < -0.3 is 10.1 Å². The largest absolute Gasteiger partial charge is 0.465 e. The molecule has 1 aliphatic rings. The van der Waals surface area contributed by atoms with Crippen molar-refractivity contribution < 1.29 is 14.3 Å². The summed E-state index contributed by atoms with van der Waals surface area (Å²) in [5, 5.41) is 7.74. The van der Waals surface area contributed by atoms with Gasteiger partial charge in [0.25, 0.3) is 0 Å². The Morgan fingerprint density at radius 3 is 2.53 bits per heavy atom. The molecule has 1 aliphatic heterocycles. The molecule has 7 heteroatoms. The average Bonchev–Trinajstić information content (AvgIpc) is 3.23. The molecule has 0 unspecified atom stereocenters. The van der Waals surface area contributed by atoms with Gasteiger partial charge in [-0.2, -0.15) is 0 Å². The first-order valence-corrected chi connectivity index (χ1v) is 10.9. The molecule has 0 radical (unpaired) electrons. The van der Waals surface area contributed by atoms with Crippen molar-refractivity contribution in [1.82, 2.24) is 9.80 Å². The second-order valence-electron chi connectivity index (χ2n) is 7.39. The van der Waals surface area contributed by atoms with Gasteiger partial charge in [0.05, 0.1) is 19.2 Å². The summed E-state index contributed by atoms with van der Waals surface area (Å²) in [5.41, 5.74) is 1.74. The zero-order chi connectivity index (χ0) is 20.9. The van der Waals surface area contributed by atoms with Crippen LogP contribution in [0.15, 0.2) is 53.9 Å². The van der Waals surface area contributed by atoms with E-state index in [0.717, 1.165) is 32.7 Å². The van der Waals surface area contributed by atoms with Crippen LogP contribution in [0.2, 0.25) is 0 Å². The summed E-state index contributed by atoms with van der Waals surface area (Å²) in [6.45, 7) is 4.75. The van der Waals surface area contributed by atoms with Gasteiger partial charge >= 0.3 is 5.97 Å². The summed E-state index contributed by atoms with van der Waals surface area (Å²) >= 11 is 1.33. The number of benzene rings is 2. The highest BCUT2D eigenvalue weighted by atomic mass is 32.1. The second-order valence-corrected chi connectivity index (χ2v) is 8.31. The van der Waals surface area contributed by atoms with E-state index in [-0.39, 0.29) is 5.91 Å². The Balaban J connectivity index is 1.29. The third kappa shape index (κ3) is 4.70. The van der Waals surface area contributed by atoms with Crippen LogP contribution in [0.25, 0.3) is 10.8 Å². The number of fused-ring (bicyclic) bond motifs is 1. The third-order valence-electron chi connectivity index (χ3n) is 5.43. The Morgan fingerprint density at radius 2 is 1.73 bits per heavy atom. The number of esters is 1. The van der Waals surface area contributed by atoms with E-state index in [4.69, 9.17) is 4.74 Å². The number of ether oxygens (including phenoxy) is 1. The van der Waals surface area contributed by atoms with Crippen molar-refractivity contribution in [3.63, 3.8) is 0 Å². The van der Waals surface area contributed by atoms with Gasteiger partial charge in [0.1, 0.15) is 5.00 Å². The van der Waals surface area contributed by atoms with Crippen LogP contribution in [-0.2, 0) is 16.1 Å². The van der Waals surface area contributed by atoms with Crippen LogP contribution in [0.5, 0.6) is 0 Å². The predicted molar refractivity (Wildman–Crippen MR) is 120 cm³/mol. The molecule has 2 aromatic carbocycles. The number of nitrogens with zero attached hydrogens (tertiary/aromatic N) is 2. The van der Waals surface area contributed by atoms with Crippen LogP contribution in [0.1, 0.15) is 15.9 Å². The van der Waals surface area contributed by atoms with Gasteiger partial charge in [-0.3, -0.25) is 14.6 Å². The summed E-state index contributed by atoms with van der Waals surface area (Å²) in [4.78, 5) is 28.8. The molecule has 4 rings (SSSR count). The van der Waals surface area contributed by atoms with E-state index in [0.29, 0.717) is 17.1 Å². The van der Waals surface area contributed by atoms with Crippen molar-refractivity contribution in [1.29, 1.82) is 0 Å². The first-order valence-electron chi connectivity index (χ1n) is 10.0. The lowest BCUT2D eigenvalue weighted by Crippen LogP contribution is -2.48. The SMILES string of the molecule is COC(=O)c1ccsc1NC(=O)CN1CCN(Cc2cccc3ccccc23)CC1. The minimum atomic E-state index is -0.436. The highest BCUT2D eigenvalue weighted by molar-refractivity contribution is 7.14. The van der Waals surface area contributed by atoms with Crippen LogP contribution in [0, 0.1) is 0 Å². The fourth-order valence-electron chi connectivity index (χ4n) is 3.82. The Kier molecular flexibility index (Phi) is 6.42. The second kappa shape index (κ2) is 9.38. The Morgan fingerprint density at radius 1 is 1.00 bits per heavy atom. The average molecular weight is 424 g/mol. The number of rotatable bonds is 6. The smallest absolute Gasteiger partial charge is 0.340 e. The van der Waals surface area contributed by atoms with Gasteiger partial charge in [-0.15, -0.1) is 11.3 Å². The van der Waals surface area contributed by atoms with E-state index < -0.39 is 5.97 Å². The number of hydrogen-bond acceptors (Lipinski definition) is 6. The van der Waals surface area contributed by atoms with Crippen LogP contribution >= 0.6 is 11.3 Å². The molecule has 1 amide bonds. The van der Waals surface area contributed by atoms with Gasteiger partial charge in [0.15, 0.2) is 0 Å². The van der Waals surface area contributed by atoms with Crippen LogP contribution in [0.4, 0.5) is 5.00 Å². The van der Waals surface area contributed by atoms with Crippen LogP contribution in [0.3, 0.4) is 0 Å². The molecule has 1 saturated heterocycles. The van der Waals surface area contributed by atoms with Crippen molar-refractivity contribution in [2.75, 3.05) is 45.2 Å². The van der Waals surface area contributed by atoms with Crippen LogP contribution in [-0.4, -0.2) is 61.5 Å². The van der Waals surface area contributed by atoms with Gasteiger partial charge in [0.2, 0.25) is 5.91 Å². The monoisotopic (exact) mass is 423 g/mol. The summed E-state index contributed by atoms with van der Waals surface area (Å²) in [6.07, 6.45) is 0. The first-order chi connectivity index (χ1) is 14.6. The molecule has 0 bridgehead atoms. The summed E-state index contributed by atoms with van der Waals surface area (Å²) < 4.78 is 4.75. The molecule has 0 spiro atoms. The zero-order valence-corrected chi connectivity index (χ0v) is 17.8. The quantitative estimate of drug-likeness (QED) is 0.616. The van der Waals surface area contributed by atoms with Gasteiger partial charge in [0, 0.05) is 32.7 Å². The maximum absolute atomic E-state index is 12.4. The molecule has 1 aromatic heterocycles. The van der Waals surface area contributed by atoms with Crippen molar-refractivity contribution in [3.05, 3.63) is 65.0 Å². The topological polar surface area (TPSA) is 61.9 Å². The van der Waals surface area contributed by atoms with E-state index in [2.05, 4.69) is 57.6 Å². The van der Waals surface area contributed by atoms with Crippen molar-refractivity contribution >= 4 is 39.0 Å². The number of piperazine rings is 1. The number of anilines is 1. The van der Waals surface area contributed by atoms with Crippen molar-refractivity contribution in [2.45, 2.75) is 6.54 Å². The lowest BCUT2D eigenvalue weighted by atomic mass is 10.0. The Labute approximate surface area is 180 Å². The molecule has 3 aromatic rings. The molecule has 6 nitrogen and oxygen atoms in total. The van der Waals surface area contributed by atoms with E-state index >= 15 is 0 Å². The maximum Gasteiger partial charge on any atom is 0.340 e. The zero-order valence-electron chi connectivity index (χ0n) is 17.0. The maximum atomic E-state index is 12.4. The highest BCUT2D eigenvalue weighted by Gasteiger charge is 2.21. The summed E-state index contributed by atoms with van der Waals surface area (Å²) in [5.74, 6) is -0.543. The van der Waals surface area contributed by atoms with E-state index in [1.54, 1.807) is 11.4 Å². The number of nitrogens with one attached hydrogen (secondary N) is 1. The van der Waals surface area contributed by atoms with Crippen molar-refractivity contribution in [3.8, 4) is 0 Å². The molecule has 30 heavy (non-hydrogen) atoms. The third-order valence-corrected chi connectivity index (χ3v) is 6.26. The lowest BCUT2D eigenvalue weighted by molar-refractivity contribution is -0.117. The fourth-order valence-corrected chi connectivity index (χ4v) is 4.61. The number of carbonyl (C=O) groups is 2. The van der Waals surface area contributed by atoms with Gasteiger partial charge in [-0.25, -0.2) is 4.79 Å². The molecule has 0 saturated carbocycles. The summed E-state index contributed by atoms with van der Waals surface area (Å²) in [6, 6.07) is 16.6. The summed E-state index contributed by atoms with van der Waals surface area (Å²) in [7, 11) is 1.34. The van der Waals surface area contributed by atoms with Gasteiger partial charge in [-0.05, 0) is 27.8 Å². The molecule has 156 valence electrons. The Hall–Kier alpha value is -2.74. The van der Waals surface area contributed by atoms with Crippen molar-refractivity contribution in [2.24, 2.45) is 0 Å². The number of amides is 1. The van der Waals surface area contributed by atoms with E-state index in [1.807, 2.05) is 0 Å². The molecule has 2 heterocycles. The minimum absolute atomic E-state index is 0.106. The molecule has 1 fully saturated rings. The normalized spacial score (nSPS) is 15.2. The molecule has 1 N–H and O–H groups in total. The van der Waals surface area contributed by atoms with E-state index in [1.165, 1.54) is 34.8 Å². The number of thiophene rings is 1. The fraction of sp³-hybridized carbons (Fsp3) is 0.304. The molecular weight excluding hydrogens is 398 g/mol.